The Hall–Kier alpha value is -3.55. The smallest absolute Gasteiger partial charge is 0.293 e. The average Bonchev–Trinajstić information content (AvgIpc) is 3.26. The van der Waals surface area contributed by atoms with Crippen molar-refractivity contribution in [3.05, 3.63) is 82.4 Å². The van der Waals surface area contributed by atoms with Crippen molar-refractivity contribution in [1.82, 2.24) is 14.8 Å². The summed E-state index contributed by atoms with van der Waals surface area (Å²) in [7, 11) is 0. The number of carbonyl (C=O) groups is 1. The monoisotopic (exact) mass is 391 g/mol. The molecule has 2 heterocycles. The Morgan fingerprint density at radius 3 is 2.72 bits per heavy atom. The lowest BCUT2D eigenvalue weighted by atomic mass is 9.96. The molecule has 0 aliphatic carbocycles. The molecule has 8 nitrogen and oxygen atoms in total. The quantitative estimate of drug-likeness (QED) is 0.363. The summed E-state index contributed by atoms with van der Waals surface area (Å²) in [6.45, 7) is 2.18. The first-order chi connectivity index (χ1) is 14.1. The van der Waals surface area contributed by atoms with Crippen LogP contribution in [0.25, 0.3) is 0 Å². The molecule has 1 aliphatic heterocycles. The molecule has 148 valence electrons. The van der Waals surface area contributed by atoms with E-state index in [2.05, 4.69) is 10.1 Å². The van der Waals surface area contributed by atoms with Gasteiger partial charge in [0.05, 0.1) is 4.92 Å². The van der Waals surface area contributed by atoms with Gasteiger partial charge in [0.25, 0.3) is 5.69 Å². The minimum Gasteiger partial charge on any atom is -0.366 e. The van der Waals surface area contributed by atoms with Gasteiger partial charge in [0.2, 0.25) is 0 Å². The summed E-state index contributed by atoms with van der Waals surface area (Å²) in [4.78, 5) is 30.1. The average molecular weight is 391 g/mol. The number of piperidine rings is 1. The SMILES string of the molecule is O=C(c1ccccc1)c1ccc(N2CCCC(Cn3cncn3)C2)c([N+](=O)[O-])c1. The van der Waals surface area contributed by atoms with E-state index in [1.54, 1.807) is 47.4 Å². The maximum Gasteiger partial charge on any atom is 0.293 e. The summed E-state index contributed by atoms with van der Waals surface area (Å²) in [5, 5.41) is 15.9. The molecule has 8 heteroatoms. The van der Waals surface area contributed by atoms with Crippen LogP contribution in [0.4, 0.5) is 11.4 Å². The zero-order valence-electron chi connectivity index (χ0n) is 15.8. The molecule has 0 spiro atoms. The molecule has 4 rings (SSSR count). The van der Waals surface area contributed by atoms with Gasteiger partial charge in [-0.25, -0.2) is 4.98 Å². The van der Waals surface area contributed by atoms with Crippen LogP contribution in [0.5, 0.6) is 0 Å². The van der Waals surface area contributed by atoms with E-state index in [9.17, 15) is 14.9 Å². The molecule has 3 aromatic rings. The Morgan fingerprint density at radius 2 is 2.00 bits per heavy atom. The molecule has 1 saturated heterocycles. The van der Waals surface area contributed by atoms with E-state index in [0.717, 1.165) is 25.9 Å². The molecule has 0 N–H and O–H groups in total. The van der Waals surface area contributed by atoms with Crippen molar-refractivity contribution < 1.29 is 9.72 Å². The molecular weight excluding hydrogens is 370 g/mol. The number of hydrogen-bond donors (Lipinski definition) is 0. The third-order valence-corrected chi connectivity index (χ3v) is 5.24. The van der Waals surface area contributed by atoms with Crippen LogP contribution in [0.1, 0.15) is 28.8 Å². The van der Waals surface area contributed by atoms with Gasteiger partial charge in [-0.1, -0.05) is 30.3 Å². The predicted molar refractivity (Wildman–Crippen MR) is 108 cm³/mol. The van der Waals surface area contributed by atoms with Crippen molar-refractivity contribution in [2.24, 2.45) is 5.92 Å². The molecule has 2 aromatic carbocycles. The largest absolute Gasteiger partial charge is 0.366 e. The van der Waals surface area contributed by atoms with Crippen LogP contribution in [0.3, 0.4) is 0 Å². The zero-order valence-corrected chi connectivity index (χ0v) is 15.8. The van der Waals surface area contributed by atoms with E-state index in [0.29, 0.717) is 29.3 Å². The van der Waals surface area contributed by atoms with Gasteiger partial charge >= 0.3 is 0 Å². The van der Waals surface area contributed by atoms with E-state index in [1.807, 2.05) is 11.0 Å². The number of aromatic nitrogens is 3. The van der Waals surface area contributed by atoms with Crippen molar-refractivity contribution >= 4 is 17.2 Å². The highest BCUT2D eigenvalue weighted by Crippen LogP contribution is 2.33. The number of benzene rings is 2. The Kier molecular flexibility index (Phi) is 5.33. The van der Waals surface area contributed by atoms with Gasteiger partial charge in [-0.05, 0) is 30.9 Å². The fourth-order valence-electron chi connectivity index (χ4n) is 3.86. The maximum absolute atomic E-state index is 12.7. The molecule has 1 unspecified atom stereocenters. The van der Waals surface area contributed by atoms with Crippen LogP contribution < -0.4 is 4.90 Å². The van der Waals surface area contributed by atoms with Crippen LogP contribution >= 0.6 is 0 Å². The highest BCUT2D eigenvalue weighted by Gasteiger charge is 2.27. The second-order valence-electron chi connectivity index (χ2n) is 7.23. The Labute approximate surface area is 167 Å². The number of nitro groups is 1. The van der Waals surface area contributed by atoms with Gasteiger partial charge in [0.1, 0.15) is 18.3 Å². The number of nitrogens with zero attached hydrogens (tertiary/aromatic N) is 5. The molecule has 1 fully saturated rings. The number of nitro benzene ring substituents is 1. The molecule has 1 atom stereocenters. The second kappa shape index (κ2) is 8.22. The fraction of sp³-hybridized carbons (Fsp3) is 0.286. The molecule has 0 radical (unpaired) electrons. The zero-order chi connectivity index (χ0) is 20.2. The first-order valence-electron chi connectivity index (χ1n) is 9.57. The molecule has 0 saturated carbocycles. The minimum absolute atomic E-state index is 0.0341. The van der Waals surface area contributed by atoms with E-state index in [-0.39, 0.29) is 11.5 Å². The lowest BCUT2D eigenvalue weighted by Crippen LogP contribution is -2.37. The first-order valence-corrected chi connectivity index (χ1v) is 9.57. The molecular formula is C21H21N5O3. The number of rotatable bonds is 6. The summed E-state index contributed by atoms with van der Waals surface area (Å²) < 4.78 is 1.80. The van der Waals surface area contributed by atoms with E-state index >= 15 is 0 Å². The summed E-state index contributed by atoms with van der Waals surface area (Å²) in [6, 6.07) is 13.6. The van der Waals surface area contributed by atoms with Crippen molar-refractivity contribution in [2.75, 3.05) is 18.0 Å². The molecule has 0 amide bonds. The Balaban J connectivity index is 1.58. The predicted octanol–water partition coefficient (Wildman–Crippen LogP) is 3.33. The van der Waals surface area contributed by atoms with Gasteiger partial charge < -0.3 is 4.90 Å². The number of ketones is 1. The van der Waals surface area contributed by atoms with Gasteiger partial charge in [-0.3, -0.25) is 19.6 Å². The van der Waals surface area contributed by atoms with Crippen LogP contribution in [0.15, 0.2) is 61.2 Å². The maximum atomic E-state index is 12.7. The van der Waals surface area contributed by atoms with Crippen LogP contribution in [-0.2, 0) is 6.54 Å². The van der Waals surface area contributed by atoms with Crippen molar-refractivity contribution in [3.63, 3.8) is 0 Å². The number of anilines is 1. The molecule has 0 bridgehead atoms. The summed E-state index contributed by atoms with van der Waals surface area (Å²) in [5.74, 6) is 0.110. The number of hydrogen-bond acceptors (Lipinski definition) is 6. The molecule has 1 aliphatic rings. The standard InChI is InChI=1S/C21H21N5O3/c27-21(17-6-2-1-3-7-17)18-8-9-19(20(11-18)26(28)29)24-10-4-5-16(12-24)13-25-15-22-14-23-25/h1-3,6-9,11,14-16H,4-5,10,12-13H2. The lowest BCUT2D eigenvalue weighted by Gasteiger charge is -2.34. The van der Waals surface area contributed by atoms with Gasteiger partial charge in [-0.2, -0.15) is 5.10 Å². The Morgan fingerprint density at radius 1 is 1.17 bits per heavy atom. The highest BCUT2D eigenvalue weighted by atomic mass is 16.6. The van der Waals surface area contributed by atoms with Crippen molar-refractivity contribution in [3.8, 4) is 0 Å². The van der Waals surface area contributed by atoms with Crippen molar-refractivity contribution in [1.29, 1.82) is 0 Å². The fourth-order valence-corrected chi connectivity index (χ4v) is 3.86. The topological polar surface area (TPSA) is 94.2 Å². The lowest BCUT2D eigenvalue weighted by molar-refractivity contribution is -0.384. The summed E-state index contributed by atoms with van der Waals surface area (Å²) in [5.41, 5.74) is 1.36. The van der Waals surface area contributed by atoms with Crippen LogP contribution in [0.2, 0.25) is 0 Å². The van der Waals surface area contributed by atoms with Gasteiger partial charge in [0, 0.05) is 36.8 Å². The number of carbonyl (C=O) groups excluding carboxylic acids is 1. The van der Waals surface area contributed by atoms with Gasteiger partial charge in [-0.15, -0.1) is 0 Å². The van der Waals surface area contributed by atoms with Crippen LogP contribution in [0, 0.1) is 16.0 Å². The first kappa shape index (κ1) is 18.8. The van der Waals surface area contributed by atoms with Gasteiger partial charge in [0.15, 0.2) is 5.78 Å². The summed E-state index contributed by atoms with van der Waals surface area (Å²) in [6.07, 6.45) is 5.18. The van der Waals surface area contributed by atoms with Crippen LogP contribution in [-0.4, -0.2) is 38.6 Å². The third kappa shape index (κ3) is 4.16. The molecule has 29 heavy (non-hydrogen) atoms. The Bertz CT molecular complexity index is 1000. The highest BCUT2D eigenvalue weighted by molar-refractivity contribution is 6.09. The normalized spacial score (nSPS) is 16.6. The van der Waals surface area contributed by atoms with E-state index in [1.165, 1.54) is 12.4 Å². The minimum atomic E-state index is -0.405. The van der Waals surface area contributed by atoms with E-state index < -0.39 is 4.92 Å². The molecule has 1 aromatic heterocycles. The van der Waals surface area contributed by atoms with Crippen molar-refractivity contribution in [2.45, 2.75) is 19.4 Å². The van der Waals surface area contributed by atoms with E-state index in [4.69, 9.17) is 0 Å². The summed E-state index contributed by atoms with van der Waals surface area (Å²) >= 11 is 0. The second-order valence-corrected chi connectivity index (χ2v) is 7.23. The third-order valence-electron chi connectivity index (χ3n) is 5.24.